The van der Waals surface area contributed by atoms with E-state index in [1.54, 1.807) is 0 Å². The van der Waals surface area contributed by atoms with Gasteiger partial charge in [-0.15, -0.1) is 0 Å². The second kappa shape index (κ2) is 4.39. The molecule has 3 heteroatoms. The molecule has 0 aromatic heterocycles. The average Bonchev–Trinajstić information content (AvgIpc) is 1.81. The summed E-state index contributed by atoms with van der Waals surface area (Å²) >= 11 is 0. The number of hydrogen-bond donors (Lipinski definition) is 2. The second-order valence-electron chi connectivity index (χ2n) is 2.74. The molecule has 0 heterocycles. The van der Waals surface area contributed by atoms with Gasteiger partial charge in [0.25, 0.3) is 0 Å². The zero-order valence-electron chi connectivity index (χ0n) is 6.94. The van der Waals surface area contributed by atoms with Crippen molar-refractivity contribution in [2.75, 3.05) is 6.54 Å². The number of nitrogens with one attached hydrogen (secondary N) is 1. The average molecular weight is 138 g/mol. The molecule has 56 valence electrons. The van der Waals surface area contributed by atoms with Gasteiger partial charge in [-0.05, 0) is 18.4 Å². The SMILES string of the molecule is [B]NC/C(=C(/C)N)C(C)C. The van der Waals surface area contributed by atoms with Gasteiger partial charge >= 0.3 is 0 Å². The Morgan fingerprint density at radius 3 is 2.20 bits per heavy atom. The van der Waals surface area contributed by atoms with Crippen molar-refractivity contribution in [2.24, 2.45) is 11.7 Å². The van der Waals surface area contributed by atoms with Crippen LogP contribution in [0.4, 0.5) is 0 Å². The van der Waals surface area contributed by atoms with Crippen LogP contribution in [0, 0.1) is 5.92 Å². The molecular formula is C7H15BN2. The third-order valence-electron chi connectivity index (χ3n) is 1.50. The monoisotopic (exact) mass is 138 g/mol. The van der Waals surface area contributed by atoms with Gasteiger partial charge in [-0.2, -0.15) is 0 Å². The van der Waals surface area contributed by atoms with Gasteiger partial charge in [0.1, 0.15) is 0 Å². The Morgan fingerprint density at radius 2 is 2.10 bits per heavy atom. The second-order valence-corrected chi connectivity index (χ2v) is 2.74. The number of allylic oxidation sites excluding steroid dienone is 1. The maximum absolute atomic E-state index is 5.61. The van der Waals surface area contributed by atoms with Gasteiger partial charge in [0, 0.05) is 12.2 Å². The first-order valence-corrected chi connectivity index (χ1v) is 3.48. The summed E-state index contributed by atoms with van der Waals surface area (Å²) in [5, 5.41) is 2.59. The van der Waals surface area contributed by atoms with Gasteiger partial charge in [-0.3, -0.25) is 0 Å². The fourth-order valence-electron chi connectivity index (χ4n) is 0.909. The highest BCUT2D eigenvalue weighted by atomic mass is 14.7. The van der Waals surface area contributed by atoms with Crippen LogP contribution < -0.4 is 11.0 Å². The molecule has 3 N–H and O–H groups in total. The van der Waals surface area contributed by atoms with E-state index in [0.717, 1.165) is 5.70 Å². The first kappa shape index (κ1) is 9.56. The summed E-state index contributed by atoms with van der Waals surface area (Å²) in [6, 6.07) is 0. The molecule has 2 nitrogen and oxygen atoms in total. The van der Waals surface area contributed by atoms with Gasteiger partial charge in [-0.1, -0.05) is 13.8 Å². The molecule has 0 unspecified atom stereocenters. The molecule has 0 aliphatic heterocycles. The predicted molar refractivity (Wildman–Crippen MR) is 45.5 cm³/mol. The van der Waals surface area contributed by atoms with Crippen molar-refractivity contribution in [2.45, 2.75) is 20.8 Å². The van der Waals surface area contributed by atoms with Crippen LogP contribution in [0.15, 0.2) is 11.3 Å². The van der Waals surface area contributed by atoms with E-state index in [2.05, 4.69) is 19.1 Å². The van der Waals surface area contributed by atoms with Crippen LogP contribution in [0.2, 0.25) is 0 Å². The summed E-state index contributed by atoms with van der Waals surface area (Å²) in [4.78, 5) is 0. The summed E-state index contributed by atoms with van der Waals surface area (Å²) in [5.74, 6) is 0.473. The lowest BCUT2D eigenvalue weighted by Crippen LogP contribution is -2.18. The summed E-state index contributed by atoms with van der Waals surface area (Å²) in [7, 11) is 5.17. The van der Waals surface area contributed by atoms with E-state index in [9.17, 15) is 0 Å². The van der Waals surface area contributed by atoms with Crippen molar-refractivity contribution in [1.29, 1.82) is 0 Å². The lowest BCUT2D eigenvalue weighted by atomic mass is 10.0. The fraction of sp³-hybridized carbons (Fsp3) is 0.714. The summed E-state index contributed by atoms with van der Waals surface area (Å²) in [5.41, 5.74) is 7.66. The van der Waals surface area contributed by atoms with Crippen molar-refractivity contribution in [3.8, 4) is 0 Å². The molecule has 0 aromatic carbocycles. The Balaban J connectivity index is 4.13. The van der Waals surface area contributed by atoms with Crippen LogP contribution in [-0.2, 0) is 0 Å². The highest BCUT2D eigenvalue weighted by molar-refractivity contribution is 6.04. The smallest absolute Gasteiger partial charge is 0.178 e. The van der Waals surface area contributed by atoms with Gasteiger partial charge in [0.05, 0.1) is 0 Å². The van der Waals surface area contributed by atoms with Crippen LogP contribution in [0.25, 0.3) is 0 Å². The lowest BCUT2D eigenvalue weighted by molar-refractivity contribution is 0.718. The van der Waals surface area contributed by atoms with Crippen molar-refractivity contribution in [1.82, 2.24) is 5.23 Å². The summed E-state index contributed by atoms with van der Waals surface area (Å²) < 4.78 is 0. The molecule has 0 spiro atoms. The van der Waals surface area contributed by atoms with Crippen LogP contribution in [0.1, 0.15) is 20.8 Å². The van der Waals surface area contributed by atoms with Crippen molar-refractivity contribution in [3.63, 3.8) is 0 Å². The van der Waals surface area contributed by atoms with E-state index < -0.39 is 0 Å². The summed E-state index contributed by atoms with van der Waals surface area (Å²) in [6.07, 6.45) is 0. The minimum absolute atomic E-state index is 0.473. The van der Waals surface area contributed by atoms with E-state index in [0.29, 0.717) is 12.5 Å². The molecule has 0 aliphatic rings. The van der Waals surface area contributed by atoms with Crippen LogP contribution in [-0.4, -0.2) is 14.5 Å². The molecule has 0 saturated heterocycles. The molecule has 0 aromatic rings. The van der Waals surface area contributed by atoms with Gasteiger partial charge in [0.15, 0.2) is 7.98 Å². The first-order chi connectivity index (χ1) is 4.59. The van der Waals surface area contributed by atoms with Gasteiger partial charge in [-0.25, -0.2) is 0 Å². The molecule has 0 atom stereocenters. The lowest BCUT2D eigenvalue weighted by Gasteiger charge is -2.12. The van der Waals surface area contributed by atoms with Crippen molar-refractivity contribution in [3.05, 3.63) is 11.3 Å². The topological polar surface area (TPSA) is 38.0 Å². The number of hydrogen-bond acceptors (Lipinski definition) is 2. The predicted octanol–water partition coefficient (Wildman–Crippen LogP) is 0.548. The summed E-state index contributed by atoms with van der Waals surface area (Å²) in [6.45, 7) is 6.78. The molecule has 0 fully saturated rings. The molecule has 0 saturated carbocycles. The van der Waals surface area contributed by atoms with E-state index in [4.69, 9.17) is 13.7 Å². The highest BCUT2D eigenvalue weighted by Crippen LogP contribution is 2.09. The Kier molecular flexibility index (Phi) is 4.20. The van der Waals surface area contributed by atoms with Crippen LogP contribution in [0.5, 0.6) is 0 Å². The zero-order valence-corrected chi connectivity index (χ0v) is 6.94. The maximum atomic E-state index is 5.61. The maximum Gasteiger partial charge on any atom is 0.178 e. The highest BCUT2D eigenvalue weighted by Gasteiger charge is 2.02. The normalized spacial score (nSPS) is 13.6. The van der Waals surface area contributed by atoms with Crippen molar-refractivity contribution < 1.29 is 0 Å². The Morgan fingerprint density at radius 1 is 1.60 bits per heavy atom. The quantitative estimate of drug-likeness (QED) is 0.559. The molecule has 2 radical (unpaired) electrons. The number of nitrogens with two attached hydrogens (primary N) is 1. The number of rotatable bonds is 3. The largest absolute Gasteiger partial charge is 0.402 e. The molecule has 0 amide bonds. The molecule has 0 bridgehead atoms. The minimum atomic E-state index is 0.473. The molecule has 10 heavy (non-hydrogen) atoms. The Hall–Kier alpha value is -0.435. The van der Waals surface area contributed by atoms with Crippen molar-refractivity contribution >= 4 is 7.98 Å². The third-order valence-corrected chi connectivity index (χ3v) is 1.50. The third kappa shape index (κ3) is 2.92. The molecule has 0 aliphatic carbocycles. The molecule has 0 rings (SSSR count). The minimum Gasteiger partial charge on any atom is -0.402 e. The van der Waals surface area contributed by atoms with Crippen LogP contribution >= 0.6 is 0 Å². The van der Waals surface area contributed by atoms with E-state index in [1.807, 2.05) is 6.92 Å². The van der Waals surface area contributed by atoms with Gasteiger partial charge < -0.3 is 11.0 Å². The Labute approximate surface area is 64.3 Å². The fourth-order valence-corrected chi connectivity index (χ4v) is 0.909. The van der Waals surface area contributed by atoms with E-state index >= 15 is 0 Å². The molecular weight excluding hydrogens is 123 g/mol. The standard InChI is InChI=1S/C7H15BN2/c1-5(2)7(4-10-8)6(3)9/h5,10H,4,9H2,1-3H3/b7-6+. The van der Waals surface area contributed by atoms with Crippen LogP contribution in [0.3, 0.4) is 0 Å². The Bertz CT molecular complexity index is 126. The first-order valence-electron chi connectivity index (χ1n) is 3.48. The van der Waals surface area contributed by atoms with E-state index in [1.165, 1.54) is 5.57 Å². The van der Waals surface area contributed by atoms with Gasteiger partial charge in [0.2, 0.25) is 0 Å². The van der Waals surface area contributed by atoms with E-state index in [-0.39, 0.29) is 0 Å². The zero-order chi connectivity index (χ0) is 8.15.